The molecular formula is C12H23N. The Bertz CT molecular complexity index is 161. The topological polar surface area (TPSA) is 3.24 Å². The molecule has 1 saturated heterocycles. The highest BCUT2D eigenvalue weighted by Crippen LogP contribution is 2.23. The number of hydrogen-bond donors (Lipinski definition) is 0. The van der Waals surface area contributed by atoms with E-state index in [1.165, 1.54) is 25.9 Å². The zero-order valence-corrected chi connectivity index (χ0v) is 9.29. The van der Waals surface area contributed by atoms with Gasteiger partial charge in [0, 0.05) is 13.1 Å². The Balaban J connectivity index is 2.33. The van der Waals surface area contributed by atoms with Gasteiger partial charge in [0.1, 0.15) is 0 Å². The van der Waals surface area contributed by atoms with Crippen molar-refractivity contribution in [2.75, 3.05) is 19.6 Å². The smallest absolute Gasteiger partial charge is 0.0163 e. The van der Waals surface area contributed by atoms with Crippen molar-refractivity contribution in [3.05, 3.63) is 12.2 Å². The molecule has 0 aromatic heterocycles. The SMILES string of the molecule is C/C=C/CN1CCCC(C(C)C)C1. The molecule has 1 aliphatic heterocycles. The van der Waals surface area contributed by atoms with Gasteiger partial charge in [-0.05, 0) is 38.1 Å². The van der Waals surface area contributed by atoms with Gasteiger partial charge in [-0.1, -0.05) is 26.0 Å². The van der Waals surface area contributed by atoms with E-state index in [1.54, 1.807) is 0 Å². The predicted octanol–water partition coefficient (Wildman–Crippen LogP) is 2.93. The van der Waals surface area contributed by atoms with E-state index >= 15 is 0 Å². The molecule has 1 fully saturated rings. The molecule has 0 saturated carbocycles. The van der Waals surface area contributed by atoms with E-state index in [-0.39, 0.29) is 0 Å². The monoisotopic (exact) mass is 181 g/mol. The third-order valence-corrected chi connectivity index (χ3v) is 3.08. The Hall–Kier alpha value is -0.300. The zero-order chi connectivity index (χ0) is 9.68. The minimum Gasteiger partial charge on any atom is -0.299 e. The molecule has 0 amide bonds. The second kappa shape index (κ2) is 5.43. The highest BCUT2D eigenvalue weighted by molar-refractivity contribution is 4.84. The first-order valence-electron chi connectivity index (χ1n) is 5.57. The van der Waals surface area contributed by atoms with Gasteiger partial charge in [0.05, 0.1) is 0 Å². The zero-order valence-electron chi connectivity index (χ0n) is 9.29. The summed E-state index contributed by atoms with van der Waals surface area (Å²) < 4.78 is 0. The Kier molecular flexibility index (Phi) is 4.51. The average molecular weight is 181 g/mol. The van der Waals surface area contributed by atoms with Crippen LogP contribution in [0.2, 0.25) is 0 Å². The maximum absolute atomic E-state index is 2.58. The largest absolute Gasteiger partial charge is 0.299 e. The van der Waals surface area contributed by atoms with Gasteiger partial charge < -0.3 is 0 Å². The maximum atomic E-state index is 2.58. The molecule has 0 radical (unpaired) electrons. The molecule has 76 valence electrons. The molecule has 1 unspecified atom stereocenters. The van der Waals surface area contributed by atoms with Crippen LogP contribution in [0.25, 0.3) is 0 Å². The highest BCUT2D eigenvalue weighted by Gasteiger charge is 2.20. The van der Waals surface area contributed by atoms with Crippen LogP contribution >= 0.6 is 0 Å². The number of piperidine rings is 1. The van der Waals surface area contributed by atoms with Crippen molar-refractivity contribution in [2.24, 2.45) is 11.8 Å². The third kappa shape index (κ3) is 3.51. The Labute approximate surface area is 82.8 Å². The fraction of sp³-hybridized carbons (Fsp3) is 0.833. The molecule has 1 heteroatoms. The number of likely N-dealkylation sites (tertiary alicyclic amines) is 1. The average Bonchev–Trinajstić information content (AvgIpc) is 2.15. The van der Waals surface area contributed by atoms with E-state index in [4.69, 9.17) is 0 Å². The maximum Gasteiger partial charge on any atom is 0.0163 e. The quantitative estimate of drug-likeness (QED) is 0.605. The van der Waals surface area contributed by atoms with Crippen LogP contribution in [0.4, 0.5) is 0 Å². The normalized spacial score (nSPS) is 26.0. The first kappa shape index (κ1) is 10.8. The Morgan fingerprint density at radius 2 is 2.23 bits per heavy atom. The standard InChI is InChI=1S/C12H23N/c1-4-5-8-13-9-6-7-12(10-13)11(2)3/h4-5,11-12H,6-10H2,1-3H3/b5-4+. The first-order chi connectivity index (χ1) is 6.24. The van der Waals surface area contributed by atoms with E-state index in [9.17, 15) is 0 Å². The fourth-order valence-corrected chi connectivity index (χ4v) is 2.06. The van der Waals surface area contributed by atoms with Gasteiger partial charge in [0.15, 0.2) is 0 Å². The Morgan fingerprint density at radius 3 is 2.85 bits per heavy atom. The van der Waals surface area contributed by atoms with Gasteiger partial charge in [-0.3, -0.25) is 4.90 Å². The molecule has 13 heavy (non-hydrogen) atoms. The highest BCUT2D eigenvalue weighted by atomic mass is 15.1. The van der Waals surface area contributed by atoms with Crippen LogP contribution in [0.5, 0.6) is 0 Å². The van der Waals surface area contributed by atoms with Crippen LogP contribution in [-0.4, -0.2) is 24.5 Å². The Morgan fingerprint density at radius 1 is 1.46 bits per heavy atom. The summed E-state index contributed by atoms with van der Waals surface area (Å²) in [5.74, 6) is 1.78. The van der Waals surface area contributed by atoms with E-state index in [1.807, 2.05) is 0 Å². The minimum absolute atomic E-state index is 0.855. The van der Waals surface area contributed by atoms with Crippen LogP contribution in [0, 0.1) is 11.8 Å². The second-order valence-electron chi connectivity index (χ2n) is 4.47. The molecule has 0 spiro atoms. The molecule has 0 bridgehead atoms. The third-order valence-electron chi connectivity index (χ3n) is 3.08. The lowest BCUT2D eigenvalue weighted by atomic mass is 9.88. The molecule has 1 rings (SSSR count). The van der Waals surface area contributed by atoms with Crippen LogP contribution < -0.4 is 0 Å². The summed E-state index contributed by atoms with van der Waals surface area (Å²) in [5, 5.41) is 0. The van der Waals surface area contributed by atoms with Crippen molar-refractivity contribution in [3.63, 3.8) is 0 Å². The molecule has 1 atom stereocenters. The van der Waals surface area contributed by atoms with Crippen molar-refractivity contribution in [1.29, 1.82) is 0 Å². The summed E-state index contributed by atoms with van der Waals surface area (Å²) in [7, 11) is 0. The van der Waals surface area contributed by atoms with E-state index in [2.05, 4.69) is 37.8 Å². The molecular weight excluding hydrogens is 158 g/mol. The summed E-state index contributed by atoms with van der Waals surface area (Å²) in [6.45, 7) is 10.6. The number of hydrogen-bond acceptors (Lipinski definition) is 1. The van der Waals surface area contributed by atoms with Crippen molar-refractivity contribution in [2.45, 2.75) is 33.6 Å². The van der Waals surface area contributed by atoms with Gasteiger partial charge in [-0.2, -0.15) is 0 Å². The van der Waals surface area contributed by atoms with Crippen LogP contribution in [-0.2, 0) is 0 Å². The lowest BCUT2D eigenvalue weighted by molar-refractivity contribution is 0.158. The van der Waals surface area contributed by atoms with Crippen molar-refractivity contribution in [3.8, 4) is 0 Å². The lowest BCUT2D eigenvalue weighted by Gasteiger charge is -2.34. The van der Waals surface area contributed by atoms with Crippen LogP contribution in [0.15, 0.2) is 12.2 Å². The summed E-state index contributed by atoms with van der Waals surface area (Å²) in [4.78, 5) is 2.58. The summed E-state index contributed by atoms with van der Waals surface area (Å²) in [5.41, 5.74) is 0. The van der Waals surface area contributed by atoms with E-state index in [0.29, 0.717) is 0 Å². The van der Waals surface area contributed by atoms with E-state index < -0.39 is 0 Å². The lowest BCUT2D eigenvalue weighted by Crippen LogP contribution is -2.37. The van der Waals surface area contributed by atoms with Crippen molar-refractivity contribution >= 4 is 0 Å². The minimum atomic E-state index is 0.855. The van der Waals surface area contributed by atoms with Gasteiger partial charge in [-0.15, -0.1) is 0 Å². The van der Waals surface area contributed by atoms with Gasteiger partial charge in [0.25, 0.3) is 0 Å². The summed E-state index contributed by atoms with van der Waals surface area (Å²) >= 11 is 0. The molecule has 1 nitrogen and oxygen atoms in total. The molecule has 1 aliphatic rings. The van der Waals surface area contributed by atoms with E-state index in [0.717, 1.165) is 18.4 Å². The summed E-state index contributed by atoms with van der Waals surface area (Å²) in [6, 6.07) is 0. The molecule has 0 aromatic carbocycles. The molecule has 0 aliphatic carbocycles. The first-order valence-corrected chi connectivity index (χ1v) is 5.57. The molecule has 0 aromatic rings. The predicted molar refractivity (Wildman–Crippen MR) is 58.8 cm³/mol. The second-order valence-corrected chi connectivity index (χ2v) is 4.47. The van der Waals surface area contributed by atoms with Crippen molar-refractivity contribution < 1.29 is 0 Å². The molecule has 0 N–H and O–H groups in total. The van der Waals surface area contributed by atoms with Gasteiger partial charge in [0.2, 0.25) is 0 Å². The van der Waals surface area contributed by atoms with Crippen LogP contribution in [0.3, 0.4) is 0 Å². The number of nitrogens with zero attached hydrogens (tertiary/aromatic N) is 1. The fourth-order valence-electron chi connectivity index (χ4n) is 2.06. The van der Waals surface area contributed by atoms with Crippen molar-refractivity contribution in [1.82, 2.24) is 4.90 Å². The molecule has 1 heterocycles. The summed E-state index contributed by atoms with van der Waals surface area (Å²) in [6.07, 6.45) is 7.24. The number of allylic oxidation sites excluding steroid dienone is 1. The van der Waals surface area contributed by atoms with Gasteiger partial charge in [-0.25, -0.2) is 0 Å². The number of rotatable bonds is 3. The van der Waals surface area contributed by atoms with Crippen LogP contribution in [0.1, 0.15) is 33.6 Å². The van der Waals surface area contributed by atoms with Gasteiger partial charge >= 0.3 is 0 Å².